The quantitative estimate of drug-likeness (QED) is 0.875. The van der Waals surface area contributed by atoms with Crippen molar-refractivity contribution in [1.82, 2.24) is 19.9 Å². The maximum atomic E-state index is 13.9. The molecule has 0 atom stereocenters. The molecule has 0 radical (unpaired) electrons. The number of aromatic nitrogens is 3. The van der Waals surface area contributed by atoms with Crippen LogP contribution in [0.3, 0.4) is 0 Å². The number of carbonyl (C=O) groups is 1. The number of piperidine rings is 1. The molecule has 0 bridgehead atoms. The minimum Gasteiger partial charge on any atom is -0.339 e. The highest BCUT2D eigenvalue weighted by molar-refractivity contribution is 5.94. The van der Waals surface area contributed by atoms with Crippen molar-refractivity contribution < 1.29 is 9.18 Å². The molecule has 22 heavy (non-hydrogen) atoms. The standard InChI is InChI=1S/C16H19FN4O/c1-2-14-11-21(19-18-14)15-9-12(8-13(17)10-15)16(22)20-6-4-3-5-7-20/h8-11H,2-7H2,1H3. The van der Waals surface area contributed by atoms with Gasteiger partial charge in [0.15, 0.2) is 0 Å². The van der Waals surface area contributed by atoms with Gasteiger partial charge in [0, 0.05) is 18.7 Å². The molecule has 1 aromatic heterocycles. The average molecular weight is 302 g/mol. The second-order valence-electron chi connectivity index (χ2n) is 5.56. The third-order valence-corrected chi connectivity index (χ3v) is 3.94. The van der Waals surface area contributed by atoms with E-state index < -0.39 is 5.82 Å². The van der Waals surface area contributed by atoms with Crippen LogP contribution in [0.15, 0.2) is 24.4 Å². The second kappa shape index (κ2) is 6.25. The first kappa shape index (κ1) is 14.7. The van der Waals surface area contributed by atoms with E-state index in [0.717, 1.165) is 44.5 Å². The molecule has 1 amide bonds. The molecule has 2 heterocycles. The van der Waals surface area contributed by atoms with E-state index in [4.69, 9.17) is 0 Å². The summed E-state index contributed by atoms with van der Waals surface area (Å²) >= 11 is 0. The van der Waals surface area contributed by atoms with Gasteiger partial charge >= 0.3 is 0 Å². The first-order chi connectivity index (χ1) is 10.7. The van der Waals surface area contributed by atoms with E-state index in [1.54, 1.807) is 17.2 Å². The molecule has 1 aliphatic rings. The van der Waals surface area contributed by atoms with E-state index in [2.05, 4.69) is 10.3 Å². The van der Waals surface area contributed by atoms with Crippen molar-refractivity contribution in [3.8, 4) is 5.69 Å². The highest BCUT2D eigenvalue weighted by Crippen LogP contribution is 2.18. The highest BCUT2D eigenvalue weighted by Gasteiger charge is 2.19. The molecule has 5 nitrogen and oxygen atoms in total. The molecule has 0 saturated carbocycles. The van der Waals surface area contributed by atoms with Gasteiger partial charge in [0.1, 0.15) is 5.82 Å². The number of hydrogen-bond donors (Lipinski definition) is 0. The number of nitrogens with zero attached hydrogens (tertiary/aromatic N) is 4. The smallest absolute Gasteiger partial charge is 0.254 e. The lowest BCUT2D eigenvalue weighted by Gasteiger charge is -2.26. The van der Waals surface area contributed by atoms with Crippen molar-refractivity contribution in [3.05, 3.63) is 41.5 Å². The Kier molecular flexibility index (Phi) is 4.18. The van der Waals surface area contributed by atoms with Crippen LogP contribution in [0.4, 0.5) is 4.39 Å². The maximum Gasteiger partial charge on any atom is 0.254 e. The van der Waals surface area contributed by atoms with Gasteiger partial charge < -0.3 is 4.90 Å². The van der Waals surface area contributed by atoms with Crippen molar-refractivity contribution >= 4 is 5.91 Å². The Labute approximate surface area is 128 Å². The molecule has 2 aromatic rings. The van der Waals surface area contributed by atoms with E-state index in [1.165, 1.54) is 16.8 Å². The summed E-state index contributed by atoms with van der Waals surface area (Å²) < 4.78 is 15.4. The van der Waals surface area contributed by atoms with E-state index in [0.29, 0.717) is 11.3 Å². The van der Waals surface area contributed by atoms with Crippen LogP contribution in [0, 0.1) is 5.82 Å². The molecule has 0 unspecified atom stereocenters. The maximum absolute atomic E-state index is 13.9. The Morgan fingerprint density at radius 1 is 1.23 bits per heavy atom. The molecule has 1 saturated heterocycles. The monoisotopic (exact) mass is 302 g/mol. The van der Waals surface area contributed by atoms with Crippen molar-refractivity contribution in [3.63, 3.8) is 0 Å². The fraction of sp³-hybridized carbons (Fsp3) is 0.438. The highest BCUT2D eigenvalue weighted by atomic mass is 19.1. The Balaban J connectivity index is 1.90. The lowest BCUT2D eigenvalue weighted by atomic mass is 10.1. The molecule has 1 aliphatic heterocycles. The van der Waals surface area contributed by atoms with Crippen LogP contribution in [0.2, 0.25) is 0 Å². The summed E-state index contributed by atoms with van der Waals surface area (Å²) in [6.45, 7) is 3.47. The molecule has 1 aromatic carbocycles. The van der Waals surface area contributed by atoms with Gasteiger partial charge in [-0.15, -0.1) is 5.10 Å². The van der Waals surface area contributed by atoms with Gasteiger partial charge in [0.2, 0.25) is 0 Å². The molecular formula is C16H19FN4O. The molecule has 0 N–H and O–H groups in total. The summed E-state index contributed by atoms with van der Waals surface area (Å²) in [4.78, 5) is 14.3. The van der Waals surface area contributed by atoms with Crippen molar-refractivity contribution in [2.75, 3.05) is 13.1 Å². The van der Waals surface area contributed by atoms with Gasteiger partial charge in [-0.1, -0.05) is 12.1 Å². The number of aryl methyl sites for hydroxylation is 1. The number of rotatable bonds is 3. The van der Waals surface area contributed by atoms with Crippen LogP contribution >= 0.6 is 0 Å². The number of amides is 1. The Morgan fingerprint density at radius 3 is 2.68 bits per heavy atom. The first-order valence-electron chi connectivity index (χ1n) is 7.69. The number of benzene rings is 1. The summed E-state index contributed by atoms with van der Waals surface area (Å²) in [5, 5.41) is 7.99. The minimum atomic E-state index is -0.439. The number of likely N-dealkylation sites (tertiary alicyclic amines) is 1. The van der Waals surface area contributed by atoms with Crippen molar-refractivity contribution in [2.45, 2.75) is 32.6 Å². The zero-order valence-electron chi connectivity index (χ0n) is 12.6. The number of hydrogen-bond acceptors (Lipinski definition) is 3. The third kappa shape index (κ3) is 3.00. The summed E-state index contributed by atoms with van der Waals surface area (Å²) in [5.41, 5.74) is 1.71. The van der Waals surface area contributed by atoms with E-state index in [1.807, 2.05) is 6.92 Å². The SMILES string of the molecule is CCc1cn(-c2cc(F)cc(C(=O)N3CCCCC3)c2)nn1. The van der Waals surface area contributed by atoms with Crippen LogP contribution < -0.4 is 0 Å². The number of carbonyl (C=O) groups excluding carboxylic acids is 1. The van der Waals surface area contributed by atoms with Gasteiger partial charge in [-0.05, 0) is 43.9 Å². The Morgan fingerprint density at radius 2 is 2.00 bits per heavy atom. The van der Waals surface area contributed by atoms with Crippen molar-refractivity contribution in [2.24, 2.45) is 0 Å². The zero-order chi connectivity index (χ0) is 15.5. The largest absolute Gasteiger partial charge is 0.339 e. The van der Waals surface area contributed by atoms with Crippen LogP contribution in [-0.4, -0.2) is 38.9 Å². The van der Waals surface area contributed by atoms with Gasteiger partial charge in [-0.25, -0.2) is 9.07 Å². The van der Waals surface area contributed by atoms with Crippen LogP contribution in [0.5, 0.6) is 0 Å². The first-order valence-corrected chi connectivity index (χ1v) is 7.69. The van der Waals surface area contributed by atoms with E-state index in [9.17, 15) is 9.18 Å². The number of halogens is 1. The van der Waals surface area contributed by atoms with Crippen LogP contribution in [0.1, 0.15) is 42.2 Å². The fourth-order valence-corrected chi connectivity index (χ4v) is 2.70. The Bertz CT molecular complexity index is 677. The topological polar surface area (TPSA) is 51.0 Å². The van der Waals surface area contributed by atoms with E-state index in [-0.39, 0.29) is 5.91 Å². The van der Waals surface area contributed by atoms with Crippen LogP contribution in [0.25, 0.3) is 5.69 Å². The summed E-state index contributed by atoms with van der Waals surface area (Å²) in [5.74, 6) is -0.553. The fourth-order valence-electron chi connectivity index (χ4n) is 2.70. The van der Waals surface area contributed by atoms with Gasteiger partial charge in [0.05, 0.1) is 17.6 Å². The Hall–Kier alpha value is -2.24. The minimum absolute atomic E-state index is 0.115. The normalized spacial score (nSPS) is 15.1. The van der Waals surface area contributed by atoms with Gasteiger partial charge in [-0.3, -0.25) is 4.79 Å². The lowest BCUT2D eigenvalue weighted by molar-refractivity contribution is 0.0724. The predicted molar refractivity (Wildman–Crippen MR) is 80.4 cm³/mol. The van der Waals surface area contributed by atoms with E-state index >= 15 is 0 Å². The summed E-state index contributed by atoms with van der Waals surface area (Å²) in [6, 6.07) is 4.33. The van der Waals surface area contributed by atoms with Crippen LogP contribution in [-0.2, 0) is 6.42 Å². The molecule has 116 valence electrons. The second-order valence-corrected chi connectivity index (χ2v) is 5.56. The molecule has 6 heteroatoms. The van der Waals surface area contributed by atoms with Gasteiger partial charge in [-0.2, -0.15) is 0 Å². The summed E-state index contributed by atoms with van der Waals surface area (Å²) in [6.07, 6.45) is 5.68. The zero-order valence-corrected chi connectivity index (χ0v) is 12.6. The van der Waals surface area contributed by atoms with Gasteiger partial charge in [0.25, 0.3) is 5.91 Å². The molecule has 0 spiro atoms. The van der Waals surface area contributed by atoms with Crippen molar-refractivity contribution in [1.29, 1.82) is 0 Å². The molecule has 0 aliphatic carbocycles. The summed E-state index contributed by atoms with van der Waals surface area (Å²) in [7, 11) is 0. The lowest BCUT2D eigenvalue weighted by Crippen LogP contribution is -2.35. The third-order valence-electron chi connectivity index (χ3n) is 3.94. The molecule has 3 rings (SSSR count). The predicted octanol–water partition coefficient (Wildman–Crippen LogP) is 2.59. The average Bonchev–Trinajstić information content (AvgIpc) is 3.03. The molecule has 1 fully saturated rings. The molecular weight excluding hydrogens is 283 g/mol.